The lowest BCUT2D eigenvalue weighted by Gasteiger charge is -2.12. The predicted molar refractivity (Wildman–Crippen MR) is 116 cm³/mol. The third-order valence-electron chi connectivity index (χ3n) is 4.25. The quantitative estimate of drug-likeness (QED) is 0.446. The van der Waals surface area contributed by atoms with Crippen molar-refractivity contribution in [2.75, 3.05) is 11.1 Å². The van der Waals surface area contributed by atoms with Gasteiger partial charge < -0.3 is 10.1 Å². The number of rotatable bonds is 7. The van der Waals surface area contributed by atoms with Crippen molar-refractivity contribution < 1.29 is 9.53 Å². The normalized spacial score (nSPS) is 10.6. The number of carbonyl (C=O) groups excluding carboxylic acids is 1. The first-order valence-electron chi connectivity index (χ1n) is 9.29. The highest BCUT2D eigenvalue weighted by atomic mass is 32.2. The van der Waals surface area contributed by atoms with Gasteiger partial charge in [0.2, 0.25) is 11.1 Å². The number of nitrogens with one attached hydrogen (secondary N) is 1. The van der Waals surface area contributed by atoms with E-state index in [9.17, 15) is 4.79 Å². The Hall–Kier alpha value is -3.65. The van der Waals surface area contributed by atoms with Crippen LogP contribution in [0.5, 0.6) is 11.5 Å². The third kappa shape index (κ3) is 4.66. The number of benzene rings is 3. The number of hydrogen-bond acceptors (Lipinski definition) is 6. The molecule has 4 rings (SSSR count). The molecule has 0 unspecified atom stereocenters. The maximum absolute atomic E-state index is 12.6. The number of aromatic nitrogens is 4. The Morgan fingerprint density at radius 3 is 2.57 bits per heavy atom. The molecule has 0 saturated carbocycles. The maximum atomic E-state index is 12.6. The zero-order valence-electron chi connectivity index (χ0n) is 16.2. The molecule has 150 valence electrons. The minimum Gasteiger partial charge on any atom is -0.455 e. The molecule has 1 amide bonds. The number of para-hydroxylation sites is 4. The van der Waals surface area contributed by atoms with Crippen LogP contribution in [-0.4, -0.2) is 31.9 Å². The molecule has 1 N–H and O–H groups in total. The van der Waals surface area contributed by atoms with Crippen LogP contribution in [0, 0.1) is 6.92 Å². The molecule has 1 heterocycles. The van der Waals surface area contributed by atoms with Crippen LogP contribution in [0.4, 0.5) is 5.69 Å². The van der Waals surface area contributed by atoms with E-state index in [-0.39, 0.29) is 11.7 Å². The second-order valence-electron chi connectivity index (χ2n) is 6.41. The van der Waals surface area contributed by atoms with Crippen LogP contribution >= 0.6 is 11.8 Å². The molecule has 3 aromatic carbocycles. The number of ether oxygens (including phenoxy) is 1. The smallest absolute Gasteiger partial charge is 0.234 e. The van der Waals surface area contributed by atoms with E-state index in [4.69, 9.17) is 4.74 Å². The fourth-order valence-electron chi connectivity index (χ4n) is 2.81. The molecule has 0 radical (unpaired) electrons. The van der Waals surface area contributed by atoms with Gasteiger partial charge >= 0.3 is 0 Å². The SMILES string of the molecule is Cc1ccccc1-n1nnnc1SCC(=O)Nc1ccccc1Oc1ccccc1. The van der Waals surface area contributed by atoms with Crippen LogP contribution < -0.4 is 10.1 Å². The van der Waals surface area contributed by atoms with Gasteiger partial charge in [0, 0.05) is 0 Å². The van der Waals surface area contributed by atoms with Gasteiger partial charge in [0.1, 0.15) is 5.75 Å². The van der Waals surface area contributed by atoms with Gasteiger partial charge in [-0.25, -0.2) is 0 Å². The second-order valence-corrected chi connectivity index (χ2v) is 7.35. The van der Waals surface area contributed by atoms with Gasteiger partial charge in [-0.15, -0.1) is 5.10 Å². The summed E-state index contributed by atoms with van der Waals surface area (Å²) < 4.78 is 7.53. The second kappa shape index (κ2) is 9.23. The lowest BCUT2D eigenvalue weighted by molar-refractivity contribution is -0.113. The number of anilines is 1. The number of aryl methyl sites for hydroxylation is 1. The molecule has 8 heteroatoms. The highest BCUT2D eigenvalue weighted by molar-refractivity contribution is 7.99. The zero-order valence-corrected chi connectivity index (χ0v) is 17.0. The molecule has 0 aliphatic carbocycles. The Morgan fingerprint density at radius 2 is 1.73 bits per heavy atom. The van der Waals surface area contributed by atoms with Crippen molar-refractivity contribution in [1.82, 2.24) is 20.2 Å². The van der Waals surface area contributed by atoms with Crippen molar-refractivity contribution >= 4 is 23.4 Å². The largest absolute Gasteiger partial charge is 0.455 e. The Kier molecular flexibility index (Phi) is 6.05. The van der Waals surface area contributed by atoms with E-state index in [2.05, 4.69) is 20.8 Å². The fourth-order valence-corrected chi connectivity index (χ4v) is 3.50. The van der Waals surface area contributed by atoms with Crippen molar-refractivity contribution in [3.05, 3.63) is 84.4 Å². The topological polar surface area (TPSA) is 81.9 Å². The van der Waals surface area contributed by atoms with Crippen LogP contribution in [0.15, 0.2) is 84.0 Å². The minimum absolute atomic E-state index is 0.159. The summed E-state index contributed by atoms with van der Waals surface area (Å²) >= 11 is 1.27. The Balaban J connectivity index is 1.42. The van der Waals surface area contributed by atoms with Crippen LogP contribution in [-0.2, 0) is 4.79 Å². The summed E-state index contributed by atoms with van der Waals surface area (Å²) in [6.07, 6.45) is 0. The van der Waals surface area contributed by atoms with Crippen LogP contribution in [0.1, 0.15) is 5.56 Å². The molecule has 0 spiro atoms. The summed E-state index contributed by atoms with van der Waals surface area (Å²) in [7, 11) is 0. The number of nitrogens with zero attached hydrogens (tertiary/aromatic N) is 4. The van der Waals surface area contributed by atoms with E-state index in [1.54, 1.807) is 10.7 Å². The van der Waals surface area contributed by atoms with Crippen molar-refractivity contribution in [3.8, 4) is 17.2 Å². The molecule has 30 heavy (non-hydrogen) atoms. The van der Waals surface area contributed by atoms with E-state index in [1.807, 2.05) is 79.7 Å². The Morgan fingerprint density at radius 1 is 1.00 bits per heavy atom. The van der Waals surface area contributed by atoms with E-state index >= 15 is 0 Å². The molecule has 4 aromatic rings. The summed E-state index contributed by atoms with van der Waals surface area (Å²) in [6.45, 7) is 1.99. The molecule has 7 nitrogen and oxygen atoms in total. The average molecular weight is 417 g/mol. The molecule has 0 bridgehead atoms. The summed E-state index contributed by atoms with van der Waals surface area (Å²) in [5.41, 5.74) is 2.53. The lowest BCUT2D eigenvalue weighted by Crippen LogP contribution is -2.15. The highest BCUT2D eigenvalue weighted by Gasteiger charge is 2.14. The van der Waals surface area contributed by atoms with E-state index in [0.29, 0.717) is 22.3 Å². The maximum Gasteiger partial charge on any atom is 0.234 e. The van der Waals surface area contributed by atoms with Gasteiger partial charge in [-0.05, 0) is 53.2 Å². The minimum atomic E-state index is -0.177. The van der Waals surface area contributed by atoms with Crippen molar-refractivity contribution in [2.45, 2.75) is 12.1 Å². The highest BCUT2D eigenvalue weighted by Crippen LogP contribution is 2.29. The van der Waals surface area contributed by atoms with Crippen molar-refractivity contribution in [2.24, 2.45) is 0 Å². The molecule has 0 saturated heterocycles. The van der Waals surface area contributed by atoms with Gasteiger partial charge in [0.15, 0.2) is 5.75 Å². The van der Waals surface area contributed by atoms with Gasteiger partial charge in [0.05, 0.1) is 17.1 Å². The fraction of sp³-hybridized carbons (Fsp3) is 0.0909. The number of carbonyl (C=O) groups is 1. The zero-order chi connectivity index (χ0) is 20.8. The van der Waals surface area contributed by atoms with Crippen molar-refractivity contribution in [1.29, 1.82) is 0 Å². The van der Waals surface area contributed by atoms with Gasteiger partial charge in [-0.2, -0.15) is 4.68 Å². The van der Waals surface area contributed by atoms with E-state index in [1.165, 1.54) is 11.8 Å². The number of tetrazole rings is 1. The third-order valence-corrected chi connectivity index (χ3v) is 5.17. The van der Waals surface area contributed by atoms with Crippen molar-refractivity contribution in [3.63, 3.8) is 0 Å². The summed E-state index contributed by atoms with van der Waals surface area (Å²) in [4.78, 5) is 12.6. The van der Waals surface area contributed by atoms with E-state index in [0.717, 1.165) is 11.3 Å². The van der Waals surface area contributed by atoms with Gasteiger partial charge in [-0.1, -0.05) is 60.3 Å². The number of thioether (sulfide) groups is 1. The molecular formula is C22H19N5O2S. The van der Waals surface area contributed by atoms with Crippen LogP contribution in [0.2, 0.25) is 0 Å². The molecule has 0 fully saturated rings. The first kappa shape index (κ1) is 19.7. The van der Waals surface area contributed by atoms with E-state index < -0.39 is 0 Å². The molecular weight excluding hydrogens is 398 g/mol. The monoisotopic (exact) mass is 417 g/mol. The van der Waals surface area contributed by atoms with Gasteiger partial charge in [-0.3, -0.25) is 4.79 Å². The summed E-state index contributed by atoms with van der Waals surface area (Å²) in [5.74, 6) is 1.26. The molecule has 0 atom stereocenters. The summed E-state index contributed by atoms with van der Waals surface area (Å²) in [5, 5.41) is 15.3. The number of hydrogen-bond donors (Lipinski definition) is 1. The van der Waals surface area contributed by atoms with Gasteiger partial charge in [0.25, 0.3) is 0 Å². The molecule has 0 aliphatic rings. The van der Waals surface area contributed by atoms with Crippen LogP contribution in [0.25, 0.3) is 5.69 Å². The molecule has 0 aliphatic heterocycles. The standard InChI is InChI=1S/C22H19N5O2S/c1-16-9-5-7-13-19(16)27-22(24-25-26-27)30-15-21(28)23-18-12-6-8-14-20(18)29-17-10-3-2-4-11-17/h2-14H,15H2,1H3,(H,23,28). The Labute approximate surface area is 178 Å². The molecule has 1 aromatic heterocycles. The first-order chi connectivity index (χ1) is 14.7. The Bertz CT molecular complexity index is 1150. The first-order valence-corrected chi connectivity index (χ1v) is 10.3. The predicted octanol–water partition coefficient (Wildman–Crippen LogP) is 4.49. The van der Waals surface area contributed by atoms with Crippen LogP contribution in [0.3, 0.4) is 0 Å². The lowest BCUT2D eigenvalue weighted by atomic mass is 10.2. The average Bonchev–Trinajstić information content (AvgIpc) is 3.23. The number of amides is 1. The summed E-state index contributed by atoms with van der Waals surface area (Å²) in [6, 6.07) is 24.6.